The normalized spacial score (nSPS) is 19.9. The molecule has 0 spiro atoms. The van der Waals surface area contributed by atoms with Crippen molar-refractivity contribution in [3.8, 4) is 0 Å². The molecule has 1 aliphatic heterocycles. The number of morpholine rings is 1. The molecule has 1 aliphatic rings. The van der Waals surface area contributed by atoms with Gasteiger partial charge in [0.1, 0.15) is 0 Å². The van der Waals surface area contributed by atoms with Gasteiger partial charge in [-0.15, -0.1) is 0 Å². The van der Waals surface area contributed by atoms with Crippen molar-refractivity contribution in [2.45, 2.75) is 19.1 Å². The van der Waals surface area contributed by atoms with Crippen LogP contribution in [0.15, 0.2) is 48.9 Å². The molecule has 0 aliphatic carbocycles. The highest BCUT2D eigenvalue weighted by atomic mass is 16.5. The summed E-state index contributed by atoms with van der Waals surface area (Å²) < 4.78 is 5.86. The van der Waals surface area contributed by atoms with Crippen molar-refractivity contribution in [1.82, 2.24) is 14.9 Å². The van der Waals surface area contributed by atoms with Crippen LogP contribution in [0.5, 0.6) is 0 Å². The molecule has 104 valence electrons. The molecule has 20 heavy (non-hydrogen) atoms. The molecule has 2 aromatic rings. The van der Waals surface area contributed by atoms with Gasteiger partial charge in [-0.05, 0) is 23.8 Å². The summed E-state index contributed by atoms with van der Waals surface area (Å²) in [5.41, 5.74) is 2.35. The predicted molar refractivity (Wildman–Crippen MR) is 77.2 cm³/mol. The second-order valence-electron chi connectivity index (χ2n) is 5.11. The molecule has 0 aromatic carbocycles. The Morgan fingerprint density at radius 2 is 2.20 bits per heavy atom. The summed E-state index contributed by atoms with van der Waals surface area (Å²) in [7, 11) is 0. The van der Waals surface area contributed by atoms with Gasteiger partial charge < -0.3 is 4.74 Å². The number of nitrogens with zero attached hydrogens (tertiary/aromatic N) is 3. The van der Waals surface area contributed by atoms with E-state index < -0.39 is 0 Å². The summed E-state index contributed by atoms with van der Waals surface area (Å²) in [4.78, 5) is 11.0. The standard InChI is InChI=1S/C16H19N3O/c1-2-7-18-15(5-1)12-19-8-9-20-16(13-19)10-14-4-3-6-17-11-14/h1-7,11,16H,8-10,12-13H2/t16-/m0/s1. The van der Waals surface area contributed by atoms with Crippen LogP contribution in [0.4, 0.5) is 0 Å². The van der Waals surface area contributed by atoms with Crippen LogP contribution in [0, 0.1) is 0 Å². The zero-order chi connectivity index (χ0) is 13.6. The van der Waals surface area contributed by atoms with Crippen LogP contribution in [0.3, 0.4) is 0 Å². The minimum absolute atomic E-state index is 0.247. The summed E-state index contributed by atoms with van der Waals surface area (Å²) in [5, 5.41) is 0. The molecule has 0 bridgehead atoms. The van der Waals surface area contributed by atoms with E-state index in [4.69, 9.17) is 4.74 Å². The van der Waals surface area contributed by atoms with Gasteiger partial charge in [0.05, 0.1) is 18.4 Å². The van der Waals surface area contributed by atoms with Gasteiger partial charge in [-0.2, -0.15) is 0 Å². The molecule has 3 heterocycles. The second kappa shape index (κ2) is 6.59. The first-order valence-corrected chi connectivity index (χ1v) is 7.03. The van der Waals surface area contributed by atoms with Crippen LogP contribution < -0.4 is 0 Å². The molecule has 1 atom stereocenters. The Kier molecular flexibility index (Phi) is 4.35. The third-order valence-corrected chi connectivity index (χ3v) is 3.52. The van der Waals surface area contributed by atoms with Crippen molar-refractivity contribution in [3.63, 3.8) is 0 Å². The first kappa shape index (κ1) is 13.2. The molecule has 2 aromatic heterocycles. The molecular weight excluding hydrogens is 250 g/mol. The van der Waals surface area contributed by atoms with E-state index in [1.165, 1.54) is 5.56 Å². The van der Waals surface area contributed by atoms with Crippen LogP contribution in [-0.4, -0.2) is 40.7 Å². The van der Waals surface area contributed by atoms with Gasteiger partial charge in [0, 0.05) is 44.6 Å². The smallest absolute Gasteiger partial charge is 0.0743 e. The lowest BCUT2D eigenvalue weighted by molar-refractivity contribution is -0.0308. The Morgan fingerprint density at radius 3 is 3.00 bits per heavy atom. The van der Waals surface area contributed by atoms with Gasteiger partial charge in [-0.1, -0.05) is 12.1 Å². The number of rotatable bonds is 4. The number of aromatic nitrogens is 2. The monoisotopic (exact) mass is 269 g/mol. The maximum atomic E-state index is 5.86. The van der Waals surface area contributed by atoms with E-state index in [0.29, 0.717) is 0 Å². The number of pyridine rings is 2. The Balaban J connectivity index is 1.57. The molecule has 4 heteroatoms. The van der Waals surface area contributed by atoms with Gasteiger partial charge in [0.25, 0.3) is 0 Å². The molecule has 3 rings (SSSR count). The Morgan fingerprint density at radius 1 is 1.20 bits per heavy atom. The molecule has 1 fully saturated rings. The number of hydrogen-bond donors (Lipinski definition) is 0. The van der Waals surface area contributed by atoms with Gasteiger partial charge >= 0.3 is 0 Å². The summed E-state index contributed by atoms with van der Waals surface area (Å²) in [6.45, 7) is 3.61. The lowest BCUT2D eigenvalue weighted by Gasteiger charge is -2.32. The van der Waals surface area contributed by atoms with E-state index in [-0.39, 0.29) is 6.10 Å². The molecular formula is C16H19N3O. The average Bonchev–Trinajstić information content (AvgIpc) is 2.50. The topological polar surface area (TPSA) is 38.2 Å². The first-order valence-electron chi connectivity index (χ1n) is 7.03. The van der Waals surface area contributed by atoms with Crippen molar-refractivity contribution >= 4 is 0 Å². The van der Waals surface area contributed by atoms with Crippen LogP contribution in [0.25, 0.3) is 0 Å². The Bertz CT molecular complexity index is 470. The minimum atomic E-state index is 0.247. The lowest BCUT2D eigenvalue weighted by atomic mass is 10.1. The molecule has 0 amide bonds. The Labute approximate surface area is 119 Å². The summed E-state index contributed by atoms with van der Waals surface area (Å²) in [6, 6.07) is 10.1. The van der Waals surface area contributed by atoms with Crippen LogP contribution >= 0.6 is 0 Å². The van der Waals surface area contributed by atoms with Crippen LogP contribution in [0.2, 0.25) is 0 Å². The average molecular weight is 269 g/mol. The van der Waals surface area contributed by atoms with Gasteiger partial charge in [0.2, 0.25) is 0 Å². The number of ether oxygens (including phenoxy) is 1. The highest BCUT2D eigenvalue weighted by Gasteiger charge is 2.21. The van der Waals surface area contributed by atoms with Crippen LogP contribution in [-0.2, 0) is 17.7 Å². The fourth-order valence-corrected chi connectivity index (χ4v) is 2.55. The summed E-state index contributed by atoms with van der Waals surface area (Å²) in [5.74, 6) is 0. The fourth-order valence-electron chi connectivity index (χ4n) is 2.55. The van der Waals surface area contributed by atoms with Gasteiger partial charge in [0.15, 0.2) is 0 Å². The molecule has 4 nitrogen and oxygen atoms in total. The molecule has 0 radical (unpaired) electrons. The highest BCUT2D eigenvalue weighted by molar-refractivity contribution is 5.10. The largest absolute Gasteiger partial charge is 0.375 e. The van der Waals surface area contributed by atoms with Crippen molar-refractivity contribution < 1.29 is 4.74 Å². The minimum Gasteiger partial charge on any atom is -0.375 e. The van der Waals surface area contributed by atoms with E-state index in [0.717, 1.165) is 38.4 Å². The van der Waals surface area contributed by atoms with Crippen molar-refractivity contribution in [1.29, 1.82) is 0 Å². The van der Waals surface area contributed by atoms with E-state index in [1.54, 1.807) is 6.20 Å². The van der Waals surface area contributed by atoms with E-state index in [2.05, 4.69) is 27.0 Å². The summed E-state index contributed by atoms with van der Waals surface area (Å²) in [6.07, 6.45) is 6.74. The van der Waals surface area contributed by atoms with Gasteiger partial charge in [-0.3, -0.25) is 14.9 Å². The maximum absolute atomic E-state index is 5.86. The van der Waals surface area contributed by atoms with E-state index >= 15 is 0 Å². The van der Waals surface area contributed by atoms with E-state index in [1.807, 2.05) is 30.6 Å². The summed E-state index contributed by atoms with van der Waals surface area (Å²) >= 11 is 0. The molecule has 0 saturated carbocycles. The second-order valence-corrected chi connectivity index (χ2v) is 5.11. The van der Waals surface area contributed by atoms with Crippen molar-refractivity contribution in [3.05, 3.63) is 60.2 Å². The molecule has 0 N–H and O–H groups in total. The maximum Gasteiger partial charge on any atom is 0.0743 e. The van der Waals surface area contributed by atoms with Crippen molar-refractivity contribution in [2.75, 3.05) is 19.7 Å². The van der Waals surface area contributed by atoms with Crippen molar-refractivity contribution in [2.24, 2.45) is 0 Å². The third kappa shape index (κ3) is 3.62. The Hall–Kier alpha value is -1.78. The fraction of sp³-hybridized carbons (Fsp3) is 0.375. The molecule has 0 unspecified atom stereocenters. The zero-order valence-corrected chi connectivity index (χ0v) is 11.5. The van der Waals surface area contributed by atoms with Crippen LogP contribution in [0.1, 0.15) is 11.3 Å². The molecule has 1 saturated heterocycles. The number of hydrogen-bond acceptors (Lipinski definition) is 4. The SMILES string of the molecule is c1ccc(CN2CCO[C@@H](Cc3cccnc3)C2)nc1. The lowest BCUT2D eigenvalue weighted by Crippen LogP contribution is -2.42. The predicted octanol–water partition coefficient (Wildman–Crippen LogP) is 1.92. The first-order chi connectivity index (χ1) is 9.90. The van der Waals surface area contributed by atoms with Gasteiger partial charge in [-0.25, -0.2) is 0 Å². The van der Waals surface area contributed by atoms with E-state index in [9.17, 15) is 0 Å². The highest BCUT2D eigenvalue weighted by Crippen LogP contribution is 2.13. The third-order valence-electron chi connectivity index (χ3n) is 3.52. The zero-order valence-electron chi connectivity index (χ0n) is 11.5. The quantitative estimate of drug-likeness (QED) is 0.850.